The number of likely N-dealkylation sites (tertiary alicyclic amines) is 1. The van der Waals surface area contributed by atoms with Crippen LogP contribution < -0.4 is 5.43 Å². The van der Waals surface area contributed by atoms with Crippen LogP contribution >= 0.6 is 11.6 Å². The molecular weight excluding hydrogens is 451 g/mol. The van der Waals surface area contributed by atoms with Crippen LogP contribution in [0.15, 0.2) is 39.5 Å². The van der Waals surface area contributed by atoms with Crippen molar-refractivity contribution in [3.63, 3.8) is 0 Å². The lowest BCUT2D eigenvalue weighted by Gasteiger charge is -2.24. The maximum Gasteiger partial charge on any atom is 0.417 e. The molecule has 1 aliphatic rings. The van der Waals surface area contributed by atoms with Gasteiger partial charge in [-0.15, -0.1) is 0 Å². The summed E-state index contributed by atoms with van der Waals surface area (Å²) in [6.07, 6.45) is -4.19. The van der Waals surface area contributed by atoms with Crippen molar-refractivity contribution in [1.82, 2.24) is 4.90 Å². The van der Waals surface area contributed by atoms with Gasteiger partial charge in [-0.25, -0.2) is 0 Å². The van der Waals surface area contributed by atoms with Gasteiger partial charge >= 0.3 is 6.18 Å². The molecule has 1 aromatic heterocycles. The smallest absolute Gasteiger partial charge is 0.417 e. The van der Waals surface area contributed by atoms with E-state index < -0.39 is 33.9 Å². The summed E-state index contributed by atoms with van der Waals surface area (Å²) in [5, 5.41) is 29.9. The maximum absolute atomic E-state index is 13.3. The van der Waals surface area contributed by atoms with Gasteiger partial charge in [-0.2, -0.15) is 13.2 Å². The lowest BCUT2D eigenvalue weighted by molar-refractivity contribution is -0.137. The SMILES string of the molecule is CN1CCC(c2c(O)cc(O)c3c(=O)cc(-c4cccc(C(F)(F)F)c4Cl)oc23)C1CO. The summed E-state index contributed by atoms with van der Waals surface area (Å²) in [5.74, 6) is -1.55. The minimum atomic E-state index is -4.71. The summed E-state index contributed by atoms with van der Waals surface area (Å²) in [6.45, 7) is 0.368. The molecule has 0 aliphatic carbocycles. The molecule has 1 fully saturated rings. The van der Waals surface area contributed by atoms with Crippen molar-refractivity contribution in [2.75, 3.05) is 20.2 Å². The Bertz CT molecular complexity index is 1260. The number of rotatable bonds is 3. The number of alkyl halides is 3. The number of nitrogens with zero attached hydrogens (tertiary/aromatic N) is 1. The van der Waals surface area contributed by atoms with Crippen LogP contribution in [-0.4, -0.2) is 46.5 Å². The van der Waals surface area contributed by atoms with Gasteiger partial charge in [0.2, 0.25) is 0 Å². The molecule has 2 aromatic carbocycles. The molecule has 0 amide bonds. The molecule has 2 heterocycles. The van der Waals surface area contributed by atoms with Crippen LogP contribution in [0, 0.1) is 0 Å². The monoisotopic (exact) mass is 469 g/mol. The fourth-order valence-corrected chi connectivity index (χ4v) is 4.69. The number of likely N-dealkylation sites (N-methyl/N-ethyl adjacent to an activating group) is 1. The molecule has 0 radical (unpaired) electrons. The van der Waals surface area contributed by atoms with Crippen LogP contribution in [-0.2, 0) is 6.18 Å². The Labute approximate surface area is 185 Å². The molecule has 2 atom stereocenters. The molecule has 4 rings (SSSR count). The molecule has 32 heavy (non-hydrogen) atoms. The molecule has 0 bridgehead atoms. The van der Waals surface area contributed by atoms with Gasteiger partial charge in [-0.3, -0.25) is 4.79 Å². The first-order chi connectivity index (χ1) is 15.0. The number of halogens is 4. The van der Waals surface area contributed by atoms with Gasteiger partial charge in [0, 0.05) is 35.2 Å². The third kappa shape index (κ3) is 3.60. The van der Waals surface area contributed by atoms with Gasteiger partial charge in [0.15, 0.2) is 5.43 Å². The number of phenolic OH excluding ortho intramolecular Hbond substituents is 2. The molecule has 0 spiro atoms. The van der Waals surface area contributed by atoms with Gasteiger partial charge in [-0.05, 0) is 32.1 Å². The van der Waals surface area contributed by atoms with E-state index in [2.05, 4.69) is 0 Å². The number of aromatic hydroxyl groups is 2. The minimum Gasteiger partial charge on any atom is -0.507 e. The highest BCUT2D eigenvalue weighted by molar-refractivity contribution is 6.34. The molecule has 1 aliphatic heterocycles. The Morgan fingerprint density at radius 3 is 2.59 bits per heavy atom. The lowest BCUT2D eigenvalue weighted by Crippen LogP contribution is -2.32. The lowest BCUT2D eigenvalue weighted by atomic mass is 9.89. The molecule has 3 N–H and O–H groups in total. The van der Waals surface area contributed by atoms with Gasteiger partial charge in [0.05, 0.1) is 17.2 Å². The first-order valence-corrected chi connectivity index (χ1v) is 10.1. The van der Waals surface area contributed by atoms with E-state index in [9.17, 15) is 33.3 Å². The van der Waals surface area contributed by atoms with Gasteiger partial charge in [-0.1, -0.05) is 17.7 Å². The average Bonchev–Trinajstić information content (AvgIpc) is 3.06. The zero-order valence-corrected chi connectivity index (χ0v) is 17.5. The second-order valence-electron chi connectivity index (χ2n) is 7.80. The van der Waals surface area contributed by atoms with Crippen molar-refractivity contribution in [3.05, 3.63) is 56.7 Å². The summed E-state index contributed by atoms with van der Waals surface area (Å²) < 4.78 is 45.7. The van der Waals surface area contributed by atoms with Crippen LogP contribution in [0.25, 0.3) is 22.3 Å². The number of fused-ring (bicyclic) bond motifs is 1. The summed E-state index contributed by atoms with van der Waals surface area (Å²) in [5.41, 5.74) is -1.91. The quantitative estimate of drug-likeness (QED) is 0.529. The Kier molecular flexibility index (Phi) is 5.60. The van der Waals surface area contributed by atoms with Gasteiger partial charge in [0.25, 0.3) is 0 Å². The third-order valence-electron chi connectivity index (χ3n) is 5.95. The van der Waals surface area contributed by atoms with Crippen LogP contribution in [0.2, 0.25) is 5.02 Å². The number of hydrogen-bond donors (Lipinski definition) is 3. The number of phenols is 2. The van der Waals surface area contributed by atoms with Gasteiger partial charge in [0.1, 0.15) is 28.2 Å². The molecular formula is C22H19ClF3NO5. The predicted molar refractivity (Wildman–Crippen MR) is 112 cm³/mol. The van der Waals surface area contributed by atoms with Crippen molar-refractivity contribution < 1.29 is 32.9 Å². The van der Waals surface area contributed by atoms with Crippen LogP contribution in [0.5, 0.6) is 11.5 Å². The Morgan fingerprint density at radius 1 is 1.22 bits per heavy atom. The van der Waals surface area contributed by atoms with Crippen molar-refractivity contribution >= 4 is 22.6 Å². The minimum absolute atomic E-state index is 0.155. The third-order valence-corrected chi connectivity index (χ3v) is 6.36. The van der Waals surface area contributed by atoms with Crippen LogP contribution in [0.4, 0.5) is 13.2 Å². The average molecular weight is 470 g/mol. The number of benzene rings is 2. The first kappa shape index (κ1) is 22.4. The zero-order chi connectivity index (χ0) is 23.4. The van der Waals surface area contributed by atoms with Crippen molar-refractivity contribution in [3.8, 4) is 22.8 Å². The fraction of sp³-hybridized carbons (Fsp3) is 0.318. The standard InChI is InChI=1S/C22H19ClF3NO5/c1-27-6-5-10(13(27)9-28)18-14(29)7-15(30)19-16(31)8-17(32-21(18)19)11-3-2-4-12(20(11)23)22(24,25)26/h2-4,7-8,10,13,28-30H,5-6,9H2,1H3. The first-order valence-electron chi connectivity index (χ1n) is 9.74. The number of hydrogen-bond acceptors (Lipinski definition) is 6. The highest BCUT2D eigenvalue weighted by Crippen LogP contribution is 2.45. The second-order valence-corrected chi connectivity index (χ2v) is 8.18. The van der Waals surface area contributed by atoms with E-state index >= 15 is 0 Å². The molecule has 6 nitrogen and oxygen atoms in total. The summed E-state index contributed by atoms with van der Waals surface area (Å²) >= 11 is 6.01. The van der Waals surface area contributed by atoms with E-state index in [0.29, 0.717) is 13.0 Å². The van der Waals surface area contributed by atoms with E-state index in [-0.39, 0.29) is 46.3 Å². The Morgan fingerprint density at radius 2 is 1.94 bits per heavy atom. The molecule has 10 heteroatoms. The number of aliphatic hydroxyl groups excluding tert-OH is 1. The predicted octanol–water partition coefficient (Wildman–Crippen LogP) is 4.32. The highest BCUT2D eigenvalue weighted by Gasteiger charge is 2.37. The van der Waals surface area contributed by atoms with Crippen molar-refractivity contribution in [2.24, 2.45) is 0 Å². The van der Waals surface area contributed by atoms with Crippen molar-refractivity contribution in [2.45, 2.75) is 24.6 Å². The largest absolute Gasteiger partial charge is 0.507 e. The second kappa shape index (κ2) is 7.99. The molecule has 0 saturated carbocycles. The molecule has 3 aromatic rings. The van der Waals surface area contributed by atoms with E-state index in [0.717, 1.165) is 24.3 Å². The van der Waals surface area contributed by atoms with Crippen LogP contribution in [0.3, 0.4) is 0 Å². The Hall–Kier alpha value is -2.75. The van der Waals surface area contributed by atoms with Crippen molar-refractivity contribution in [1.29, 1.82) is 0 Å². The number of aliphatic hydroxyl groups is 1. The van der Waals surface area contributed by atoms with E-state index in [4.69, 9.17) is 16.0 Å². The normalized spacial score (nSPS) is 19.7. The van der Waals surface area contributed by atoms with Gasteiger partial charge < -0.3 is 24.6 Å². The molecule has 2 unspecified atom stereocenters. The van der Waals surface area contributed by atoms with E-state index in [1.165, 1.54) is 6.07 Å². The topological polar surface area (TPSA) is 94.1 Å². The fourth-order valence-electron chi connectivity index (χ4n) is 4.37. The Balaban J connectivity index is 2.01. The van der Waals surface area contributed by atoms with E-state index in [1.807, 2.05) is 4.90 Å². The summed E-state index contributed by atoms with van der Waals surface area (Å²) in [7, 11) is 1.80. The zero-order valence-electron chi connectivity index (χ0n) is 16.8. The van der Waals surface area contributed by atoms with E-state index in [1.54, 1.807) is 7.05 Å². The molecule has 1 saturated heterocycles. The van der Waals surface area contributed by atoms with Crippen LogP contribution in [0.1, 0.15) is 23.5 Å². The molecule has 170 valence electrons. The summed E-state index contributed by atoms with van der Waals surface area (Å²) in [6, 6.07) is 4.83. The highest BCUT2D eigenvalue weighted by atomic mass is 35.5. The summed E-state index contributed by atoms with van der Waals surface area (Å²) in [4.78, 5) is 14.7. The maximum atomic E-state index is 13.3.